The number of fused-ring (bicyclic) bond motifs is 1. The molecule has 1 aliphatic heterocycles. The second-order valence-electron chi connectivity index (χ2n) is 6.42. The molecule has 1 aliphatic rings. The van der Waals surface area contributed by atoms with Crippen LogP contribution >= 0.6 is 0 Å². The van der Waals surface area contributed by atoms with Gasteiger partial charge in [0.15, 0.2) is 7.28 Å². The molecule has 4 nitrogen and oxygen atoms in total. The molecule has 107 valence electrons. The molecule has 2 aromatic heterocycles. The van der Waals surface area contributed by atoms with Crippen molar-refractivity contribution in [3.63, 3.8) is 0 Å². The van der Waals surface area contributed by atoms with Gasteiger partial charge in [-0.15, -0.1) is 0 Å². The largest absolute Gasteiger partial charge is 0.496 e. The summed E-state index contributed by atoms with van der Waals surface area (Å²) in [6.07, 6.45) is 1.81. The van der Waals surface area contributed by atoms with Crippen LogP contribution in [0.1, 0.15) is 27.7 Å². The third kappa shape index (κ3) is 2.47. The normalized spacial score (nSPS) is 20.0. The van der Waals surface area contributed by atoms with Crippen LogP contribution in [-0.2, 0) is 9.31 Å². The van der Waals surface area contributed by atoms with Crippen molar-refractivity contribution in [2.75, 3.05) is 0 Å². The molecule has 0 spiro atoms. The van der Waals surface area contributed by atoms with Gasteiger partial charge >= 0.3 is 7.12 Å². The van der Waals surface area contributed by atoms with E-state index >= 15 is 0 Å². The number of hydrogen-bond donors (Lipinski definition) is 0. The predicted molar refractivity (Wildman–Crippen MR) is 86.5 cm³/mol. The molecular formula is C15H19B2N2O2. The van der Waals surface area contributed by atoms with Crippen LogP contribution in [0.3, 0.4) is 0 Å². The zero-order valence-corrected chi connectivity index (χ0v) is 13.2. The van der Waals surface area contributed by atoms with Crippen molar-refractivity contribution in [1.82, 2.24) is 9.97 Å². The highest BCUT2D eigenvalue weighted by molar-refractivity contribution is 6.62. The first-order valence-corrected chi connectivity index (χ1v) is 7.24. The third-order valence-electron chi connectivity index (χ3n) is 4.40. The SMILES string of the molecule is C[B]c1ccc2ncc(B3OC(C)(C)C(C)(C)O3)cc2n1. The summed E-state index contributed by atoms with van der Waals surface area (Å²) < 4.78 is 12.1. The van der Waals surface area contributed by atoms with E-state index in [1.165, 1.54) is 0 Å². The quantitative estimate of drug-likeness (QED) is 0.778. The highest BCUT2D eigenvalue weighted by Gasteiger charge is 2.51. The van der Waals surface area contributed by atoms with Crippen LogP contribution in [0, 0.1) is 0 Å². The first-order chi connectivity index (χ1) is 9.82. The first kappa shape index (κ1) is 14.5. The van der Waals surface area contributed by atoms with Gasteiger partial charge in [0.1, 0.15) is 0 Å². The fourth-order valence-corrected chi connectivity index (χ4v) is 2.31. The molecule has 1 fully saturated rings. The Labute approximate surface area is 126 Å². The van der Waals surface area contributed by atoms with E-state index in [4.69, 9.17) is 9.31 Å². The standard InChI is InChI=1S/C15H19B2N2O2/c1-14(2)15(3,4)21-17(20-14)10-8-12-11(18-9-10)6-7-13(16-5)19-12/h6-9H,1-5H3. The van der Waals surface area contributed by atoms with Gasteiger partial charge in [0.2, 0.25) is 0 Å². The summed E-state index contributed by atoms with van der Waals surface area (Å²) in [5, 5.41) is 0. The van der Waals surface area contributed by atoms with Crippen LogP contribution in [0.2, 0.25) is 6.82 Å². The Hall–Kier alpha value is -1.39. The maximum atomic E-state index is 6.06. The summed E-state index contributed by atoms with van der Waals surface area (Å²) in [6.45, 7) is 10.2. The van der Waals surface area contributed by atoms with Crippen LogP contribution in [0.25, 0.3) is 11.0 Å². The smallest absolute Gasteiger partial charge is 0.399 e. The minimum atomic E-state index is -0.400. The van der Waals surface area contributed by atoms with Crippen LogP contribution < -0.4 is 11.1 Å². The van der Waals surface area contributed by atoms with Gasteiger partial charge in [-0.25, -0.2) is 0 Å². The Morgan fingerprint density at radius 2 is 1.71 bits per heavy atom. The fraction of sp³-hybridized carbons (Fsp3) is 0.467. The van der Waals surface area contributed by atoms with Gasteiger partial charge < -0.3 is 9.31 Å². The number of nitrogens with zero attached hydrogens (tertiary/aromatic N) is 2. The first-order valence-electron chi connectivity index (χ1n) is 7.24. The third-order valence-corrected chi connectivity index (χ3v) is 4.40. The van der Waals surface area contributed by atoms with Gasteiger partial charge in [-0.2, -0.15) is 0 Å². The van der Waals surface area contributed by atoms with E-state index in [2.05, 4.69) is 9.97 Å². The Morgan fingerprint density at radius 1 is 1.05 bits per heavy atom. The van der Waals surface area contributed by atoms with E-state index in [0.29, 0.717) is 0 Å². The van der Waals surface area contributed by atoms with E-state index in [1.54, 1.807) is 0 Å². The summed E-state index contributed by atoms with van der Waals surface area (Å²) in [6, 6.07) is 5.94. The zero-order chi connectivity index (χ0) is 15.3. The lowest BCUT2D eigenvalue weighted by atomic mass is 9.77. The molecule has 3 heterocycles. The molecule has 1 saturated heterocycles. The zero-order valence-electron chi connectivity index (χ0n) is 13.2. The molecule has 0 unspecified atom stereocenters. The lowest BCUT2D eigenvalue weighted by Crippen LogP contribution is -2.41. The summed E-state index contributed by atoms with van der Waals surface area (Å²) in [5.41, 5.74) is 2.88. The number of pyridine rings is 2. The Morgan fingerprint density at radius 3 is 2.33 bits per heavy atom. The van der Waals surface area contributed by atoms with Crippen LogP contribution in [0.5, 0.6) is 0 Å². The van der Waals surface area contributed by atoms with Gasteiger partial charge in [-0.05, 0) is 51.5 Å². The van der Waals surface area contributed by atoms with E-state index in [0.717, 1.165) is 22.1 Å². The molecule has 0 amide bonds. The lowest BCUT2D eigenvalue weighted by Gasteiger charge is -2.32. The van der Waals surface area contributed by atoms with Crippen molar-refractivity contribution in [3.05, 3.63) is 24.4 Å². The molecular weight excluding hydrogens is 262 g/mol. The molecule has 1 radical (unpaired) electrons. The van der Waals surface area contributed by atoms with Crippen molar-refractivity contribution in [2.24, 2.45) is 0 Å². The van der Waals surface area contributed by atoms with Gasteiger partial charge in [-0.1, -0.05) is 6.82 Å². The molecule has 0 aliphatic carbocycles. The topological polar surface area (TPSA) is 44.2 Å². The van der Waals surface area contributed by atoms with Crippen molar-refractivity contribution in [2.45, 2.75) is 45.7 Å². The molecule has 21 heavy (non-hydrogen) atoms. The molecule has 0 N–H and O–H groups in total. The highest BCUT2D eigenvalue weighted by atomic mass is 16.7. The molecule has 0 saturated carbocycles. The number of aromatic nitrogens is 2. The summed E-state index contributed by atoms with van der Waals surface area (Å²) in [7, 11) is 1.57. The minimum absolute atomic E-state index is 0.348. The number of hydrogen-bond acceptors (Lipinski definition) is 4. The molecule has 0 aromatic carbocycles. The van der Waals surface area contributed by atoms with Crippen molar-refractivity contribution in [3.8, 4) is 0 Å². The van der Waals surface area contributed by atoms with E-state index < -0.39 is 7.12 Å². The van der Waals surface area contributed by atoms with E-state index in [1.807, 2.05) is 66.2 Å². The van der Waals surface area contributed by atoms with Gasteiger partial charge in [-0.3, -0.25) is 9.97 Å². The van der Waals surface area contributed by atoms with Crippen molar-refractivity contribution >= 4 is 36.5 Å². The van der Waals surface area contributed by atoms with Crippen LogP contribution in [0.4, 0.5) is 0 Å². The summed E-state index contributed by atoms with van der Waals surface area (Å²) in [4.78, 5) is 9.03. The van der Waals surface area contributed by atoms with Gasteiger partial charge in [0.05, 0.1) is 22.2 Å². The summed E-state index contributed by atoms with van der Waals surface area (Å²) >= 11 is 0. The Kier molecular flexibility index (Phi) is 3.34. The molecule has 0 bridgehead atoms. The van der Waals surface area contributed by atoms with Crippen LogP contribution in [0.15, 0.2) is 24.4 Å². The fourth-order valence-electron chi connectivity index (χ4n) is 2.31. The average molecular weight is 281 g/mol. The highest BCUT2D eigenvalue weighted by Crippen LogP contribution is 2.36. The van der Waals surface area contributed by atoms with E-state index in [-0.39, 0.29) is 11.2 Å². The second-order valence-corrected chi connectivity index (χ2v) is 6.42. The Bertz CT molecular complexity index is 672. The molecule has 6 heteroatoms. The van der Waals surface area contributed by atoms with Gasteiger partial charge in [0.25, 0.3) is 0 Å². The Balaban J connectivity index is 1.98. The monoisotopic (exact) mass is 281 g/mol. The van der Waals surface area contributed by atoms with E-state index in [9.17, 15) is 0 Å². The molecule has 2 aromatic rings. The summed E-state index contributed by atoms with van der Waals surface area (Å²) in [5.74, 6) is 0. The maximum Gasteiger partial charge on any atom is 0.496 e. The predicted octanol–water partition coefficient (Wildman–Crippen LogP) is 1.31. The second kappa shape index (κ2) is 4.82. The molecule has 3 rings (SSSR count). The van der Waals surface area contributed by atoms with Crippen LogP contribution in [-0.4, -0.2) is 35.6 Å². The minimum Gasteiger partial charge on any atom is -0.399 e. The van der Waals surface area contributed by atoms with Gasteiger partial charge in [0, 0.05) is 11.7 Å². The molecule has 0 atom stereocenters. The van der Waals surface area contributed by atoms with Crippen molar-refractivity contribution in [1.29, 1.82) is 0 Å². The lowest BCUT2D eigenvalue weighted by molar-refractivity contribution is 0.00578. The van der Waals surface area contributed by atoms with Crippen molar-refractivity contribution < 1.29 is 9.31 Å². The maximum absolute atomic E-state index is 6.06. The average Bonchev–Trinajstić information content (AvgIpc) is 2.66. The number of rotatable bonds is 2.